The summed E-state index contributed by atoms with van der Waals surface area (Å²) >= 11 is 5.94. The molecule has 1 aliphatic rings. The van der Waals surface area contributed by atoms with Crippen molar-refractivity contribution in [3.63, 3.8) is 0 Å². The molecule has 2 aromatic rings. The van der Waals surface area contributed by atoms with E-state index in [9.17, 15) is 4.79 Å². The number of rotatable bonds is 1. The number of halogens is 1. The molecule has 1 aromatic heterocycles. The standard InChI is InChI=1S/C13H13ClN2O/c14-9-1-2-10-11(5-9)13(17)16-7-12(10)8-3-4-15-6-8/h1-2,5,7-8,15H,3-4,6H2,(H,16,17). The Morgan fingerprint density at radius 3 is 2.94 bits per heavy atom. The van der Waals surface area contributed by atoms with Crippen LogP contribution in [0.4, 0.5) is 0 Å². The molecule has 1 atom stereocenters. The van der Waals surface area contributed by atoms with E-state index >= 15 is 0 Å². The van der Waals surface area contributed by atoms with E-state index in [1.54, 1.807) is 6.07 Å². The van der Waals surface area contributed by atoms with Crippen LogP contribution in [0.25, 0.3) is 10.8 Å². The second-order valence-corrected chi connectivity index (χ2v) is 4.89. The average molecular weight is 249 g/mol. The second kappa shape index (κ2) is 4.17. The SMILES string of the molecule is O=c1[nH]cc(C2CCNC2)c2ccc(Cl)cc12. The number of H-pyrrole nitrogens is 1. The van der Waals surface area contributed by atoms with Gasteiger partial charge in [0.2, 0.25) is 0 Å². The number of fused-ring (bicyclic) bond motifs is 1. The Morgan fingerprint density at radius 1 is 1.29 bits per heavy atom. The second-order valence-electron chi connectivity index (χ2n) is 4.45. The summed E-state index contributed by atoms with van der Waals surface area (Å²) in [4.78, 5) is 14.6. The van der Waals surface area contributed by atoms with Crippen molar-refractivity contribution < 1.29 is 0 Å². The molecule has 1 saturated heterocycles. The summed E-state index contributed by atoms with van der Waals surface area (Å²) in [5.74, 6) is 0.482. The van der Waals surface area contributed by atoms with Gasteiger partial charge in [-0.2, -0.15) is 0 Å². The summed E-state index contributed by atoms with van der Waals surface area (Å²) in [6, 6.07) is 5.53. The molecule has 3 rings (SSSR count). The topological polar surface area (TPSA) is 44.9 Å². The van der Waals surface area contributed by atoms with Gasteiger partial charge in [0.15, 0.2) is 0 Å². The van der Waals surface area contributed by atoms with Crippen LogP contribution in [-0.4, -0.2) is 18.1 Å². The molecule has 1 unspecified atom stereocenters. The van der Waals surface area contributed by atoms with E-state index in [2.05, 4.69) is 10.3 Å². The maximum Gasteiger partial charge on any atom is 0.255 e. The Balaban J connectivity index is 2.25. The molecule has 1 fully saturated rings. The van der Waals surface area contributed by atoms with Gasteiger partial charge in [-0.25, -0.2) is 0 Å². The van der Waals surface area contributed by atoms with Crippen LogP contribution in [0, 0.1) is 0 Å². The largest absolute Gasteiger partial charge is 0.328 e. The van der Waals surface area contributed by atoms with Gasteiger partial charge in [-0.3, -0.25) is 4.79 Å². The highest BCUT2D eigenvalue weighted by Crippen LogP contribution is 2.28. The Kier molecular flexibility index (Phi) is 2.65. The van der Waals surface area contributed by atoms with Gasteiger partial charge in [0, 0.05) is 23.2 Å². The van der Waals surface area contributed by atoms with Crippen molar-refractivity contribution in [2.24, 2.45) is 0 Å². The number of aromatic amines is 1. The third-order valence-electron chi connectivity index (χ3n) is 3.40. The molecule has 0 radical (unpaired) electrons. The third kappa shape index (κ3) is 1.85. The lowest BCUT2D eigenvalue weighted by Gasteiger charge is -2.11. The Bertz CT molecular complexity index is 614. The van der Waals surface area contributed by atoms with Crippen LogP contribution >= 0.6 is 11.6 Å². The van der Waals surface area contributed by atoms with E-state index < -0.39 is 0 Å². The molecule has 1 aromatic carbocycles. The zero-order chi connectivity index (χ0) is 11.8. The Morgan fingerprint density at radius 2 is 2.18 bits per heavy atom. The molecule has 1 aliphatic heterocycles. The summed E-state index contributed by atoms with van der Waals surface area (Å²) in [5, 5.41) is 5.65. The molecule has 0 spiro atoms. The van der Waals surface area contributed by atoms with Crippen molar-refractivity contribution in [1.29, 1.82) is 0 Å². The van der Waals surface area contributed by atoms with Crippen LogP contribution in [0.3, 0.4) is 0 Å². The highest BCUT2D eigenvalue weighted by atomic mass is 35.5. The molecule has 88 valence electrons. The summed E-state index contributed by atoms with van der Waals surface area (Å²) in [5.41, 5.74) is 1.14. The first kappa shape index (κ1) is 10.8. The average Bonchev–Trinajstić information content (AvgIpc) is 2.84. The lowest BCUT2D eigenvalue weighted by molar-refractivity contribution is 0.765. The minimum absolute atomic E-state index is 0.0720. The minimum Gasteiger partial charge on any atom is -0.328 e. The number of hydrogen-bond acceptors (Lipinski definition) is 2. The smallest absolute Gasteiger partial charge is 0.255 e. The van der Waals surface area contributed by atoms with Gasteiger partial charge in [-0.15, -0.1) is 0 Å². The molecule has 3 nitrogen and oxygen atoms in total. The number of aromatic nitrogens is 1. The highest BCUT2D eigenvalue weighted by Gasteiger charge is 2.19. The zero-order valence-corrected chi connectivity index (χ0v) is 10.1. The summed E-state index contributed by atoms with van der Waals surface area (Å²) in [7, 11) is 0. The zero-order valence-electron chi connectivity index (χ0n) is 9.29. The lowest BCUT2D eigenvalue weighted by atomic mass is 9.95. The van der Waals surface area contributed by atoms with Crippen molar-refractivity contribution in [2.45, 2.75) is 12.3 Å². The number of hydrogen-bond donors (Lipinski definition) is 2. The van der Waals surface area contributed by atoms with Gasteiger partial charge in [0.05, 0.1) is 0 Å². The van der Waals surface area contributed by atoms with Crippen LogP contribution in [0.15, 0.2) is 29.2 Å². The van der Waals surface area contributed by atoms with E-state index in [-0.39, 0.29) is 5.56 Å². The minimum atomic E-state index is -0.0720. The fourth-order valence-corrected chi connectivity index (χ4v) is 2.68. The fourth-order valence-electron chi connectivity index (χ4n) is 2.51. The normalized spacial score (nSPS) is 19.9. The molecule has 17 heavy (non-hydrogen) atoms. The molecule has 0 bridgehead atoms. The van der Waals surface area contributed by atoms with Crippen LogP contribution in [0.2, 0.25) is 5.02 Å². The van der Waals surface area contributed by atoms with Gasteiger partial charge < -0.3 is 10.3 Å². The maximum absolute atomic E-state index is 11.8. The molecular weight excluding hydrogens is 236 g/mol. The van der Waals surface area contributed by atoms with Crippen LogP contribution < -0.4 is 10.9 Å². The van der Waals surface area contributed by atoms with Gasteiger partial charge >= 0.3 is 0 Å². The Labute approximate surface area is 104 Å². The quantitative estimate of drug-likeness (QED) is 0.813. The predicted octanol–water partition coefficient (Wildman–Crippen LogP) is 2.26. The maximum atomic E-state index is 11.8. The van der Waals surface area contributed by atoms with Gasteiger partial charge in [0.25, 0.3) is 5.56 Å². The van der Waals surface area contributed by atoms with E-state index in [4.69, 9.17) is 11.6 Å². The van der Waals surface area contributed by atoms with Crippen molar-refractivity contribution >= 4 is 22.4 Å². The summed E-state index contributed by atoms with van der Waals surface area (Å²) in [6.45, 7) is 2.02. The van der Waals surface area contributed by atoms with Gasteiger partial charge in [-0.1, -0.05) is 17.7 Å². The number of pyridine rings is 1. The number of nitrogens with one attached hydrogen (secondary N) is 2. The molecule has 2 heterocycles. The van der Waals surface area contributed by atoms with Crippen LogP contribution in [0.5, 0.6) is 0 Å². The van der Waals surface area contributed by atoms with Crippen molar-refractivity contribution in [1.82, 2.24) is 10.3 Å². The van der Waals surface area contributed by atoms with Crippen molar-refractivity contribution in [2.75, 3.05) is 13.1 Å². The van der Waals surface area contributed by atoms with E-state index in [1.165, 1.54) is 5.56 Å². The lowest BCUT2D eigenvalue weighted by Crippen LogP contribution is -2.12. The first-order valence-electron chi connectivity index (χ1n) is 5.77. The molecule has 0 aliphatic carbocycles. The Hall–Kier alpha value is -1.32. The van der Waals surface area contributed by atoms with E-state index in [0.29, 0.717) is 16.3 Å². The monoisotopic (exact) mass is 248 g/mol. The van der Waals surface area contributed by atoms with E-state index in [0.717, 1.165) is 24.9 Å². The third-order valence-corrected chi connectivity index (χ3v) is 3.63. The number of benzene rings is 1. The predicted molar refractivity (Wildman–Crippen MR) is 69.8 cm³/mol. The van der Waals surface area contributed by atoms with Crippen molar-refractivity contribution in [3.05, 3.63) is 45.3 Å². The van der Waals surface area contributed by atoms with Crippen LogP contribution in [0.1, 0.15) is 17.9 Å². The van der Waals surface area contributed by atoms with Crippen LogP contribution in [-0.2, 0) is 0 Å². The molecule has 0 amide bonds. The van der Waals surface area contributed by atoms with Crippen molar-refractivity contribution in [3.8, 4) is 0 Å². The molecular formula is C13H13ClN2O. The first-order valence-corrected chi connectivity index (χ1v) is 6.15. The highest BCUT2D eigenvalue weighted by molar-refractivity contribution is 6.31. The fraction of sp³-hybridized carbons (Fsp3) is 0.308. The molecule has 2 N–H and O–H groups in total. The summed E-state index contributed by atoms with van der Waals surface area (Å²) in [6.07, 6.45) is 2.96. The van der Waals surface area contributed by atoms with Gasteiger partial charge in [-0.05, 0) is 42.0 Å². The van der Waals surface area contributed by atoms with E-state index in [1.807, 2.05) is 18.3 Å². The van der Waals surface area contributed by atoms with Gasteiger partial charge in [0.1, 0.15) is 0 Å². The molecule has 4 heteroatoms. The summed E-state index contributed by atoms with van der Waals surface area (Å²) < 4.78 is 0. The first-order chi connectivity index (χ1) is 8.25. The molecule has 0 saturated carbocycles.